The van der Waals surface area contributed by atoms with Gasteiger partial charge in [-0.3, -0.25) is 4.79 Å². The molecule has 0 radical (unpaired) electrons. The van der Waals surface area contributed by atoms with Crippen molar-refractivity contribution < 1.29 is 9.53 Å². The first-order valence-corrected chi connectivity index (χ1v) is 6.31. The maximum absolute atomic E-state index is 12.0. The molecular weight excluding hydrogens is 240 g/mol. The summed E-state index contributed by atoms with van der Waals surface area (Å²) in [6, 6.07) is 0. The summed E-state index contributed by atoms with van der Waals surface area (Å²) in [5.74, 6) is 0.00819. The molecule has 0 aromatic heterocycles. The molecule has 0 aliphatic carbocycles. The molecule has 1 heterocycles. The van der Waals surface area contributed by atoms with E-state index >= 15 is 0 Å². The van der Waals surface area contributed by atoms with E-state index in [4.69, 9.17) is 10.5 Å². The molecule has 0 aromatic carbocycles. The molecule has 17 heavy (non-hydrogen) atoms. The lowest BCUT2D eigenvalue weighted by atomic mass is 9.92. The Hall–Kier alpha value is -0.320. The number of hydrogen-bond acceptors (Lipinski definition) is 3. The summed E-state index contributed by atoms with van der Waals surface area (Å²) >= 11 is 0. The Balaban J connectivity index is 0.00000256. The number of nitrogens with two attached hydrogens (primary N) is 1. The van der Waals surface area contributed by atoms with Crippen molar-refractivity contribution in [2.24, 2.45) is 5.73 Å². The highest BCUT2D eigenvalue weighted by molar-refractivity contribution is 5.85. The summed E-state index contributed by atoms with van der Waals surface area (Å²) in [4.78, 5) is 12.0. The molecule has 1 rings (SSSR count). The highest BCUT2D eigenvalue weighted by atomic mass is 35.5. The molecule has 5 heteroatoms. The number of amides is 1. The second kappa shape index (κ2) is 7.90. The molecule has 0 saturated carbocycles. The molecule has 3 N–H and O–H groups in total. The Bertz CT molecular complexity index is 218. The third kappa shape index (κ3) is 4.45. The van der Waals surface area contributed by atoms with Gasteiger partial charge in [0.1, 0.15) is 6.10 Å². The van der Waals surface area contributed by atoms with Crippen molar-refractivity contribution in [2.75, 3.05) is 13.2 Å². The fourth-order valence-corrected chi connectivity index (χ4v) is 2.06. The normalized spacial score (nSPS) is 20.5. The molecule has 4 nitrogen and oxygen atoms in total. The predicted molar refractivity (Wildman–Crippen MR) is 71.3 cm³/mol. The van der Waals surface area contributed by atoms with Crippen molar-refractivity contribution in [3.8, 4) is 0 Å². The van der Waals surface area contributed by atoms with Crippen molar-refractivity contribution >= 4 is 18.3 Å². The Morgan fingerprint density at radius 2 is 2.06 bits per heavy atom. The lowest BCUT2D eigenvalue weighted by molar-refractivity contribution is -0.137. The average Bonchev–Trinajstić information content (AvgIpc) is 2.37. The van der Waals surface area contributed by atoms with Gasteiger partial charge < -0.3 is 15.8 Å². The molecule has 1 unspecified atom stereocenters. The van der Waals surface area contributed by atoms with Gasteiger partial charge in [-0.25, -0.2) is 0 Å². The van der Waals surface area contributed by atoms with Crippen LogP contribution in [0.5, 0.6) is 0 Å². The quantitative estimate of drug-likeness (QED) is 0.793. The first-order valence-electron chi connectivity index (χ1n) is 6.31. The molecule has 1 atom stereocenters. The Morgan fingerprint density at radius 1 is 1.41 bits per heavy atom. The van der Waals surface area contributed by atoms with Gasteiger partial charge in [-0.2, -0.15) is 0 Å². The molecule has 1 aliphatic rings. The van der Waals surface area contributed by atoms with Crippen molar-refractivity contribution in [3.63, 3.8) is 0 Å². The molecule has 1 aliphatic heterocycles. The summed E-state index contributed by atoms with van der Waals surface area (Å²) in [7, 11) is 0. The Kier molecular flexibility index (Phi) is 7.75. The van der Waals surface area contributed by atoms with Gasteiger partial charge in [-0.05, 0) is 32.1 Å². The maximum Gasteiger partial charge on any atom is 0.249 e. The van der Waals surface area contributed by atoms with Crippen molar-refractivity contribution in [1.82, 2.24) is 5.32 Å². The average molecular weight is 265 g/mol. The lowest BCUT2D eigenvalue weighted by Gasteiger charge is -2.34. The highest BCUT2D eigenvalue weighted by Crippen LogP contribution is 2.17. The standard InChI is InChI=1S/C12H24N2O2.ClH/c1-3-12(4-2,9-13)14-11(15)10-7-5-6-8-16-10;/h10H,3-9,13H2,1-2H3,(H,14,15);1H. The number of carbonyl (C=O) groups is 1. The zero-order chi connectivity index (χ0) is 12.0. The van der Waals surface area contributed by atoms with E-state index in [1.807, 2.05) is 0 Å². The van der Waals surface area contributed by atoms with E-state index in [0.717, 1.165) is 32.1 Å². The summed E-state index contributed by atoms with van der Waals surface area (Å²) in [6.07, 6.45) is 4.42. The topological polar surface area (TPSA) is 64.3 Å². The van der Waals surface area contributed by atoms with Crippen LogP contribution in [-0.2, 0) is 9.53 Å². The van der Waals surface area contributed by atoms with Gasteiger partial charge in [0.05, 0.1) is 5.54 Å². The zero-order valence-electron chi connectivity index (χ0n) is 10.8. The van der Waals surface area contributed by atoms with E-state index in [2.05, 4.69) is 19.2 Å². The number of hydrogen-bond donors (Lipinski definition) is 2. The minimum absolute atomic E-state index is 0. The van der Waals surface area contributed by atoms with Crippen LogP contribution in [0.15, 0.2) is 0 Å². The molecule has 102 valence electrons. The van der Waals surface area contributed by atoms with Crippen LogP contribution in [0.4, 0.5) is 0 Å². The molecule has 0 spiro atoms. The van der Waals surface area contributed by atoms with E-state index in [1.165, 1.54) is 0 Å². The van der Waals surface area contributed by atoms with Gasteiger partial charge in [-0.1, -0.05) is 13.8 Å². The van der Waals surface area contributed by atoms with Gasteiger partial charge in [0.25, 0.3) is 0 Å². The minimum Gasteiger partial charge on any atom is -0.368 e. The fraction of sp³-hybridized carbons (Fsp3) is 0.917. The summed E-state index contributed by atoms with van der Waals surface area (Å²) < 4.78 is 5.47. The van der Waals surface area contributed by atoms with Crippen LogP contribution >= 0.6 is 12.4 Å². The molecule has 1 amide bonds. The second-order valence-electron chi connectivity index (χ2n) is 4.54. The van der Waals surface area contributed by atoms with Gasteiger partial charge in [0.15, 0.2) is 0 Å². The van der Waals surface area contributed by atoms with Crippen molar-refractivity contribution in [3.05, 3.63) is 0 Å². The summed E-state index contributed by atoms with van der Waals surface area (Å²) in [6.45, 7) is 5.29. The number of nitrogens with one attached hydrogen (secondary N) is 1. The van der Waals surface area contributed by atoms with E-state index in [-0.39, 0.29) is 30.0 Å². The van der Waals surface area contributed by atoms with Gasteiger partial charge >= 0.3 is 0 Å². The van der Waals surface area contributed by atoms with E-state index in [1.54, 1.807) is 0 Å². The minimum atomic E-state index is -0.266. The third-order valence-electron chi connectivity index (χ3n) is 3.60. The molecule has 0 bridgehead atoms. The summed E-state index contributed by atoms with van der Waals surface area (Å²) in [5.41, 5.74) is 5.50. The first kappa shape index (κ1) is 16.7. The van der Waals surface area contributed by atoms with Crippen molar-refractivity contribution in [2.45, 2.75) is 57.6 Å². The Labute approximate surface area is 110 Å². The van der Waals surface area contributed by atoms with Gasteiger partial charge in [0.2, 0.25) is 5.91 Å². The van der Waals surface area contributed by atoms with Crippen molar-refractivity contribution in [1.29, 1.82) is 0 Å². The SMILES string of the molecule is CCC(CC)(CN)NC(=O)C1CCCCO1.Cl. The molecule has 1 fully saturated rings. The molecule has 1 saturated heterocycles. The Morgan fingerprint density at radius 3 is 2.47 bits per heavy atom. The first-order chi connectivity index (χ1) is 7.67. The fourth-order valence-electron chi connectivity index (χ4n) is 2.06. The second-order valence-corrected chi connectivity index (χ2v) is 4.54. The van der Waals surface area contributed by atoms with Crippen LogP contribution in [0.3, 0.4) is 0 Å². The monoisotopic (exact) mass is 264 g/mol. The highest BCUT2D eigenvalue weighted by Gasteiger charge is 2.30. The molecular formula is C12H25ClN2O2. The maximum atomic E-state index is 12.0. The smallest absolute Gasteiger partial charge is 0.249 e. The van der Waals surface area contributed by atoms with E-state index < -0.39 is 0 Å². The van der Waals surface area contributed by atoms with E-state index in [0.29, 0.717) is 13.2 Å². The lowest BCUT2D eigenvalue weighted by Crippen LogP contribution is -2.56. The third-order valence-corrected chi connectivity index (χ3v) is 3.60. The van der Waals surface area contributed by atoms with Gasteiger partial charge in [0, 0.05) is 13.2 Å². The van der Waals surface area contributed by atoms with Crippen LogP contribution in [0.1, 0.15) is 46.0 Å². The van der Waals surface area contributed by atoms with Crippen LogP contribution in [0, 0.1) is 0 Å². The van der Waals surface area contributed by atoms with Crippen LogP contribution in [0.2, 0.25) is 0 Å². The van der Waals surface area contributed by atoms with Crippen LogP contribution in [0.25, 0.3) is 0 Å². The zero-order valence-corrected chi connectivity index (χ0v) is 11.6. The van der Waals surface area contributed by atoms with Crippen LogP contribution < -0.4 is 11.1 Å². The number of rotatable bonds is 5. The predicted octanol–water partition coefficient (Wildman–Crippen LogP) is 1.61. The number of carbonyl (C=O) groups excluding carboxylic acids is 1. The van der Waals surface area contributed by atoms with Crippen LogP contribution in [-0.4, -0.2) is 30.7 Å². The number of ether oxygens (including phenoxy) is 1. The largest absolute Gasteiger partial charge is 0.368 e. The number of halogens is 1. The van der Waals surface area contributed by atoms with E-state index in [9.17, 15) is 4.79 Å². The summed E-state index contributed by atoms with van der Waals surface area (Å²) in [5, 5.41) is 3.06. The van der Waals surface area contributed by atoms with Gasteiger partial charge in [-0.15, -0.1) is 12.4 Å². The molecule has 0 aromatic rings.